The van der Waals surface area contributed by atoms with E-state index >= 15 is 0 Å². The number of likely N-dealkylation sites (N-methyl/N-ethyl adjacent to an activating group) is 1. The van der Waals surface area contributed by atoms with Crippen LogP contribution in [0.1, 0.15) is 20.3 Å². The Hall–Kier alpha value is -1.10. The third-order valence-electron chi connectivity index (χ3n) is 2.71. The molecule has 1 aliphatic heterocycles. The fourth-order valence-electron chi connectivity index (χ4n) is 1.87. The number of hydrogen-bond donors (Lipinski definition) is 1. The SMILES string of the molecule is CCN1CC(C)N(CCO)C(=O)CC1=O. The fraction of sp³-hybridized carbons (Fsp3) is 0.800. The molecular formula is C10H18N2O3. The van der Waals surface area contributed by atoms with E-state index in [1.807, 2.05) is 13.8 Å². The summed E-state index contributed by atoms with van der Waals surface area (Å²) in [5.41, 5.74) is 0. The van der Waals surface area contributed by atoms with Gasteiger partial charge in [0.15, 0.2) is 0 Å². The van der Waals surface area contributed by atoms with Crippen molar-refractivity contribution in [3.8, 4) is 0 Å². The second-order valence-electron chi connectivity index (χ2n) is 3.77. The van der Waals surface area contributed by atoms with Crippen molar-refractivity contribution in [2.75, 3.05) is 26.2 Å². The first-order chi connectivity index (χ1) is 7.10. The molecular weight excluding hydrogens is 196 g/mol. The quantitative estimate of drug-likeness (QED) is 0.641. The Morgan fingerprint density at radius 2 is 2.07 bits per heavy atom. The van der Waals surface area contributed by atoms with Crippen LogP contribution < -0.4 is 0 Å². The number of carbonyl (C=O) groups excluding carboxylic acids is 2. The number of β-amino-alcohol motifs (C(OH)–C–C–N with tert-alkyl or cyclic N) is 1. The van der Waals surface area contributed by atoms with E-state index in [0.29, 0.717) is 19.6 Å². The van der Waals surface area contributed by atoms with Crippen LogP contribution in [0.4, 0.5) is 0 Å². The molecule has 86 valence electrons. The molecule has 0 aromatic rings. The highest BCUT2D eigenvalue weighted by atomic mass is 16.3. The predicted molar refractivity (Wildman–Crippen MR) is 55.1 cm³/mol. The summed E-state index contributed by atoms with van der Waals surface area (Å²) in [5, 5.41) is 8.84. The van der Waals surface area contributed by atoms with Crippen molar-refractivity contribution in [1.29, 1.82) is 0 Å². The molecule has 1 atom stereocenters. The van der Waals surface area contributed by atoms with Crippen molar-refractivity contribution >= 4 is 11.8 Å². The molecule has 0 aromatic carbocycles. The molecule has 0 aliphatic carbocycles. The molecule has 1 rings (SSSR count). The summed E-state index contributed by atoms with van der Waals surface area (Å²) in [7, 11) is 0. The fourth-order valence-corrected chi connectivity index (χ4v) is 1.87. The first kappa shape index (κ1) is 12.0. The molecule has 1 aliphatic rings. The Labute approximate surface area is 89.7 Å². The number of carbonyl (C=O) groups is 2. The summed E-state index contributed by atoms with van der Waals surface area (Å²) in [5.74, 6) is -0.299. The molecule has 1 heterocycles. The molecule has 5 nitrogen and oxygen atoms in total. The third kappa shape index (κ3) is 2.68. The lowest BCUT2D eigenvalue weighted by Crippen LogP contribution is -2.42. The van der Waals surface area contributed by atoms with Gasteiger partial charge in [0.2, 0.25) is 11.8 Å². The smallest absolute Gasteiger partial charge is 0.232 e. The summed E-state index contributed by atoms with van der Waals surface area (Å²) in [4.78, 5) is 26.5. The van der Waals surface area contributed by atoms with Crippen LogP contribution in [-0.2, 0) is 9.59 Å². The molecule has 0 radical (unpaired) electrons. The molecule has 0 bridgehead atoms. The molecule has 0 spiro atoms. The molecule has 1 saturated heterocycles. The van der Waals surface area contributed by atoms with Gasteiger partial charge >= 0.3 is 0 Å². The minimum absolute atomic E-state index is 0.0175. The van der Waals surface area contributed by atoms with Crippen molar-refractivity contribution < 1.29 is 14.7 Å². The van der Waals surface area contributed by atoms with E-state index in [-0.39, 0.29) is 30.9 Å². The Morgan fingerprint density at radius 3 is 2.60 bits per heavy atom. The van der Waals surface area contributed by atoms with Crippen LogP contribution >= 0.6 is 0 Å². The van der Waals surface area contributed by atoms with Gasteiger partial charge in [-0.1, -0.05) is 0 Å². The van der Waals surface area contributed by atoms with Crippen LogP contribution in [0.5, 0.6) is 0 Å². The lowest BCUT2D eigenvalue weighted by Gasteiger charge is -2.28. The number of hydrogen-bond acceptors (Lipinski definition) is 3. The highest BCUT2D eigenvalue weighted by Crippen LogP contribution is 2.11. The van der Waals surface area contributed by atoms with Crippen LogP contribution in [0, 0.1) is 0 Å². The van der Waals surface area contributed by atoms with Gasteiger partial charge in [-0.25, -0.2) is 0 Å². The maximum Gasteiger partial charge on any atom is 0.232 e. The van der Waals surface area contributed by atoms with E-state index in [2.05, 4.69) is 0 Å². The van der Waals surface area contributed by atoms with Crippen molar-refractivity contribution in [3.63, 3.8) is 0 Å². The number of nitrogens with zero attached hydrogens (tertiary/aromatic N) is 2. The van der Waals surface area contributed by atoms with Crippen LogP contribution in [0.2, 0.25) is 0 Å². The Morgan fingerprint density at radius 1 is 1.40 bits per heavy atom. The highest BCUT2D eigenvalue weighted by molar-refractivity contribution is 5.97. The summed E-state index contributed by atoms with van der Waals surface area (Å²) >= 11 is 0. The van der Waals surface area contributed by atoms with E-state index in [1.165, 1.54) is 0 Å². The predicted octanol–water partition coefficient (Wildman–Crippen LogP) is -0.552. The first-order valence-electron chi connectivity index (χ1n) is 5.28. The van der Waals surface area contributed by atoms with E-state index in [4.69, 9.17) is 5.11 Å². The topological polar surface area (TPSA) is 60.9 Å². The van der Waals surface area contributed by atoms with Gasteiger partial charge in [0.1, 0.15) is 6.42 Å². The van der Waals surface area contributed by atoms with Gasteiger partial charge < -0.3 is 14.9 Å². The number of aliphatic hydroxyl groups is 1. The standard InChI is InChI=1S/C10H18N2O3/c1-3-11-7-8(2)12(4-5-13)10(15)6-9(11)14/h8,13H,3-7H2,1-2H3. The van der Waals surface area contributed by atoms with Crippen LogP contribution in [-0.4, -0.2) is 59.0 Å². The maximum absolute atomic E-state index is 11.7. The van der Waals surface area contributed by atoms with Gasteiger partial charge in [-0.15, -0.1) is 0 Å². The average Bonchev–Trinajstić information content (AvgIpc) is 2.29. The molecule has 5 heteroatoms. The van der Waals surface area contributed by atoms with E-state index < -0.39 is 0 Å². The van der Waals surface area contributed by atoms with E-state index in [0.717, 1.165) is 0 Å². The number of amides is 2. The highest BCUT2D eigenvalue weighted by Gasteiger charge is 2.29. The molecule has 15 heavy (non-hydrogen) atoms. The number of rotatable bonds is 3. The summed E-state index contributed by atoms with van der Waals surface area (Å²) in [6, 6.07) is -0.0175. The monoisotopic (exact) mass is 214 g/mol. The molecule has 0 aromatic heterocycles. The lowest BCUT2D eigenvalue weighted by atomic mass is 10.2. The Balaban J connectivity index is 2.77. The van der Waals surface area contributed by atoms with Crippen molar-refractivity contribution in [3.05, 3.63) is 0 Å². The minimum atomic E-state index is -0.183. The summed E-state index contributed by atoms with van der Waals surface area (Å²) in [6.45, 7) is 5.23. The third-order valence-corrected chi connectivity index (χ3v) is 2.71. The maximum atomic E-state index is 11.7. The zero-order chi connectivity index (χ0) is 11.4. The molecule has 2 amide bonds. The van der Waals surface area contributed by atoms with Gasteiger partial charge in [-0.05, 0) is 13.8 Å². The van der Waals surface area contributed by atoms with Crippen molar-refractivity contribution in [2.24, 2.45) is 0 Å². The molecule has 1 fully saturated rings. The average molecular weight is 214 g/mol. The van der Waals surface area contributed by atoms with Crippen LogP contribution in [0.3, 0.4) is 0 Å². The zero-order valence-electron chi connectivity index (χ0n) is 9.27. The lowest BCUT2D eigenvalue weighted by molar-refractivity contribution is -0.137. The van der Waals surface area contributed by atoms with Crippen molar-refractivity contribution in [1.82, 2.24) is 9.80 Å². The summed E-state index contributed by atoms with van der Waals surface area (Å²) < 4.78 is 0. The van der Waals surface area contributed by atoms with Crippen molar-refractivity contribution in [2.45, 2.75) is 26.3 Å². The van der Waals surface area contributed by atoms with Gasteiger partial charge in [-0.3, -0.25) is 9.59 Å². The normalized spacial score (nSPS) is 23.3. The second kappa shape index (κ2) is 5.11. The zero-order valence-corrected chi connectivity index (χ0v) is 9.27. The van der Waals surface area contributed by atoms with E-state index in [9.17, 15) is 9.59 Å². The molecule has 0 saturated carbocycles. The van der Waals surface area contributed by atoms with E-state index in [1.54, 1.807) is 9.80 Å². The second-order valence-corrected chi connectivity index (χ2v) is 3.77. The number of aliphatic hydroxyl groups excluding tert-OH is 1. The van der Waals surface area contributed by atoms with Crippen LogP contribution in [0.15, 0.2) is 0 Å². The summed E-state index contributed by atoms with van der Waals surface area (Å²) in [6.07, 6.45) is -0.0713. The Bertz CT molecular complexity index is 255. The Kier molecular flexibility index (Phi) is 4.08. The minimum Gasteiger partial charge on any atom is -0.395 e. The van der Waals surface area contributed by atoms with Crippen LogP contribution in [0.25, 0.3) is 0 Å². The molecule has 1 N–H and O–H groups in total. The van der Waals surface area contributed by atoms with Gasteiger partial charge in [0, 0.05) is 25.7 Å². The first-order valence-corrected chi connectivity index (χ1v) is 5.28. The molecule has 1 unspecified atom stereocenters. The van der Waals surface area contributed by atoms with Gasteiger partial charge in [0.25, 0.3) is 0 Å². The van der Waals surface area contributed by atoms with Gasteiger partial charge in [-0.2, -0.15) is 0 Å². The van der Waals surface area contributed by atoms with Gasteiger partial charge in [0.05, 0.1) is 6.61 Å². The largest absolute Gasteiger partial charge is 0.395 e.